The van der Waals surface area contributed by atoms with E-state index in [9.17, 15) is 9.18 Å². The highest BCUT2D eigenvalue weighted by atomic mass is 32.1. The van der Waals surface area contributed by atoms with E-state index in [2.05, 4.69) is 15.2 Å². The van der Waals surface area contributed by atoms with Crippen molar-refractivity contribution in [1.82, 2.24) is 20.1 Å². The van der Waals surface area contributed by atoms with Gasteiger partial charge < -0.3 is 4.90 Å². The second-order valence-electron chi connectivity index (χ2n) is 6.63. The van der Waals surface area contributed by atoms with Crippen molar-refractivity contribution in [2.24, 2.45) is 0 Å². The zero-order valence-corrected chi connectivity index (χ0v) is 17.4. The van der Waals surface area contributed by atoms with Gasteiger partial charge in [0.2, 0.25) is 0 Å². The fourth-order valence-electron chi connectivity index (χ4n) is 2.95. The Balaban J connectivity index is 1.30. The number of benzene rings is 1. The van der Waals surface area contributed by atoms with Gasteiger partial charge in [-0.15, -0.1) is 22.7 Å². The summed E-state index contributed by atoms with van der Waals surface area (Å²) in [5.74, 6) is -0.333. The van der Waals surface area contributed by atoms with E-state index in [1.54, 1.807) is 35.4 Å². The van der Waals surface area contributed by atoms with Gasteiger partial charge in [-0.05, 0) is 54.6 Å². The lowest BCUT2D eigenvalue weighted by Gasteiger charge is -2.15. The molecule has 0 fully saturated rings. The van der Waals surface area contributed by atoms with Gasteiger partial charge in [-0.3, -0.25) is 9.89 Å². The van der Waals surface area contributed by atoms with Crippen LogP contribution in [-0.4, -0.2) is 39.6 Å². The first-order valence-electron chi connectivity index (χ1n) is 9.15. The molecule has 0 aliphatic rings. The van der Waals surface area contributed by atoms with Crippen LogP contribution in [0.3, 0.4) is 0 Å². The summed E-state index contributed by atoms with van der Waals surface area (Å²) in [6, 6.07) is 12.2. The summed E-state index contributed by atoms with van der Waals surface area (Å²) in [5, 5.41) is 12.0. The number of nitrogens with zero attached hydrogens (tertiary/aromatic N) is 3. The van der Waals surface area contributed by atoms with Gasteiger partial charge in [-0.2, -0.15) is 5.10 Å². The molecule has 4 rings (SSSR count). The number of hydrogen-bond acceptors (Lipinski definition) is 5. The number of halogens is 1. The Bertz CT molecular complexity index is 1090. The summed E-state index contributed by atoms with van der Waals surface area (Å²) in [4.78, 5) is 19.9. The topological polar surface area (TPSA) is 61.9 Å². The maximum Gasteiger partial charge on any atom is 0.273 e. The number of H-pyrrole nitrogens is 1. The molecule has 1 amide bonds. The SMILES string of the molecule is CN(CCCc1cc(-c2ccc(F)cc2)n[nH]1)C(=O)c1csc(-c2cccs2)n1. The molecule has 29 heavy (non-hydrogen) atoms. The average molecular weight is 427 g/mol. The highest BCUT2D eigenvalue weighted by Gasteiger charge is 2.16. The number of amides is 1. The molecule has 0 bridgehead atoms. The lowest BCUT2D eigenvalue weighted by Crippen LogP contribution is -2.28. The average Bonchev–Trinajstić information content (AvgIpc) is 3.48. The number of rotatable bonds is 7. The monoisotopic (exact) mass is 426 g/mol. The molecule has 1 aromatic carbocycles. The van der Waals surface area contributed by atoms with Crippen LogP contribution in [0.4, 0.5) is 4.39 Å². The largest absolute Gasteiger partial charge is 0.340 e. The van der Waals surface area contributed by atoms with Crippen LogP contribution < -0.4 is 0 Å². The van der Waals surface area contributed by atoms with Gasteiger partial charge in [0.05, 0.1) is 10.6 Å². The minimum atomic E-state index is -0.264. The second-order valence-corrected chi connectivity index (χ2v) is 8.44. The third-order valence-electron chi connectivity index (χ3n) is 4.51. The minimum absolute atomic E-state index is 0.0688. The van der Waals surface area contributed by atoms with Crippen LogP contribution >= 0.6 is 22.7 Å². The maximum atomic E-state index is 13.0. The van der Waals surface area contributed by atoms with Crippen molar-refractivity contribution in [2.45, 2.75) is 12.8 Å². The van der Waals surface area contributed by atoms with Gasteiger partial charge in [0.1, 0.15) is 16.5 Å². The van der Waals surface area contributed by atoms with Crippen LogP contribution in [0.1, 0.15) is 22.6 Å². The fraction of sp³-hybridized carbons (Fsp3) is 0.190. The number of nitrogens with one attached hydrogen (secondary N) is 1. The predicted molar refractivity (Wildman–Crippen MR) is 115 cm³/mol. The van der Waals surface area contributed by atoms with Crippen LogP contribution in [0, 0.1) is 5.82 Å². The number of hydrogen-bond donors (Lipinski definition) is 1. The highest BCUT2D eigenvalue weighted by Crippen LogP contribution is 2.28. The summed E-state index contributed by atoms with van der Waals surface area (Å²) >= 11 is 3.11. The van der Waals surface area contributed by atoms with E-state index in [0.29, 0.717) is 12.2 Å². The standard InChI is InChI=1S/C21H19FN4OS2/c1-26(21(27)18-13-29-20(23-18)19-5-3-11-28-19)10-2-4-16-12-17(25-24-16)14-6-8-15(22)9-7-14/h3,5-9,11-13H,2,4,10H2,1H3,(H,24,25). The van der Waals surface area contributed by atoms with E-state index in [1.165, 1.54) is 23.5 Å². The van der Waals surface area contributed by atoms with Crippen LogP contribution in [0.15, 0.2) is 53.2 Å². The molecule has 3 aromatic heterocycles. The first-order chi connectivity index (χ1) is 14.1. The Kier molecular flexibility index (Phi) is 5.82. The van der Waals surface area contributed by atoms with Crippen LogP contribution in [-0.2, 0) is 6.42 Å². The molecule has 4 aromatic rings. The molecule has 0 aliphatic carbocycles. The fourth-order valence-corrected chi connectivity index (χ4v) is 4.56. The Morgan fingerprint density at radius 1 is 1.21 bits per heavy atom. The van der Waals surface area contributed by atoms with E-state index in [1.807, 2.05) is 29.0 Å². The van der Waals surface area contributed by atoms with Crippen molar-refractivity contribution < 1.29 is 9.18 Å². The van der Waals surface area contributed by atoms with Gasteiger partial charge in [0.15, 0.2) is 0 Å². The molecule has 0 saturated carbocycles. The van der Waals surface area contributed by atoms with Crippen molar-refractivity contribution >= 4 is 28.6 Å². The van der Waals surface area contributed by atoms with Gasteiger partial charge in [-0.1, -0.05) is 6.07 Å². The molecule has 3 heterocycles. The quantitative estimate of drug-likeness (QED) is 0.447. The Morgan fingerprint density at radius 2 is 2.03 bits per heavy atom. The van der Waals surface area contributed by atoms with Crippen molar-refractivity contribution in [1.29, 1.82) is 0 Å². The summed E-state index contributed by atoms with van der Waals surface area (Å²) in [7, 11) is 1.80. The zero-order valence-electron chi connectivity index (χ0n) is 15.8. The molecule has 0 saturated heterocycles. The molecule has 1 N–H and O–H groups in total. The molecule has 0 radical (unpaired) electrons. The first kappa shape index (κ1) is 19.5. The maximum absolute atomic E-state index is 13.0. The molecular weight excluding hydrogens is 407 g/mol. The number of carbonyl (C=O) groups excluding carboxylic acids is 1. The van der Waals surface area contributed by atoms with Crippen molar-refractivity contribution in [2.75, 3.05) is 13.6 Å². The van der Waals surface area contributed by atoms with Crippen LogP contribution in [0.5, 0.6) is 0 Å². The molecule has 8 heteroatoms. The molecule has 0 unspecified atom stereocenters. The summed E-state index contributed by atoms with van der Waals surface area (Å²) in [6.07, 6.45) is 1.57. The molecule has 148 valence electrons. The van der Waals surface area contributed by atoms with E-state index < -0.39 is 0 Å². The minimum Gasteiger partial charge on any atom is -0.340 e. The van der Waals surface area contributed by atoms with Gasteiger partial charge in [-0.25, -0.2) is 9.37 Å². The van der Waals surface area contributed by atoms with E-state index in [0.717, 1.165) is 39.7 Å². The number of aryl methyl sites for hydroxylation is 1. The lowest BCUT2D eigenvalue weighted by atomic mass is 10.1. The zero-order chi connectivity index (χ0) is 20.2. The molecule has 0 aliphatic heterocycles. The van der Waals surface area contributed by atoms with Crippen molar-refractivity contribution in [3.05, 3.63) is 70.4 Å². The molecular formula is C21H19FN4OS2. The lowest BCUT2D eigenvalue weighted by molar-refractivity contribution is 0.0788. The van der Waals surface area contributed by atoms with Crippen molar-refractivity contribution in [3.63, 3.8) is 0 Å². The third kappa shape index (κ3) is 4.60. The van der Waals surface area contributed by atoms with E-state index in [4.69, 9.17) is 0 Å². The third-order valence-corrected chi connectivity index (χ3v) is 6.39. The molecule has 0 atom stereocenters. The van der Waals surface area contributed by atoms with Gasteiger partial charge in [0.25, 0.3) is 5.91 Å². The molecule has 0 spiro atoms. The molecule has 5 nitrogen and oxygen atoms in total. The summed E-state index contributed by atoms with van der Waals surface area (Å²) < 4.78 is 13.0. The van der Waals surface area contributed by atoms with E-state index in [-0.39, 0.29) is 11.7 Å². The highest BCUT2D eigenvalue weighted by molar-refractivity contribution is 7.20. The van der Waals surface area contributed by atoms with Crippen molar-refractivity contribution in [3.8, 4) is 21.1 Å². The Morgan fingerprint density at radius 3 is 2.79 bits per heavy atom. The first-order valence-corrected chi connectivity index (χ1v) is 10.9. The van der Waals surface area contributed by atoms with Crippen LogP contribution in [0.2, 0.25) is 0 Å². The number of thiophene rings is 1. The predicted octanol–water partition coefficient (Wildman–Crippen LogP) is 5.11. The second kappa shape index (κ2) is 8.67. The van der Waals surface area contributed by atoms with E-state index >= 15 is 0 Å². The van der Waals surface area contributed by atoms with Crippen LogP contribution in [0.25, 0.3) is 21.1 Å². The number of carbonyl (C=O) groups is 1. The Hall–Kier alpha value is -2.84. The Labute approximate surface area is 175 Å². The summed E-state index contributed by atoms with van der Waals surface area (Å²) in [6.45, 7) is 0.621. The smallest absolute Gasteiger partial charge is 0.273 e. The van der Waals surface area contributed by atoms with Gasteiger partial charge >= 0.3 is 0 Å². The number of aromatic amines is 1. The number of aromatic nitrogens is 3. The van der Waals surface area contributed by atoms with Gasteiger partial charge in [0, 0.05) is 30.2 Å². The summed E-state index contributed by atoms with van der Waals surface area (Å²) in [5.41, 5.74) is 3.12. The normalized spacial score (nSPS) is 11.0. The number of thiazole rings is 1.